The van der Waals surface area contributed by atoms with Crippen molar-refractivity contribution < 1.29 is 4.79 Å². The zero-order valence-electron chi connectivity index (χ0n) is 12.3. The van der Waals surface area contributed by atoms with Crippen LogP contribution in [0.5, 0.6) is 0 Å². The highest BCUT2D eigenvalue weighted by Gasteiger charge is 2.37. The molecule has 0 aromatic heterocycles. The molecular weight excluding hydrogens is 272 g/mol. The molecule has 0 heterocycles. The maximum atomic E-state index is 12.2. The van der Waals surface area contributed by atoms with Gasteiger partial charge in [0.1, 0.15) is 0 Å². The molecule has 1 saturated carbocycles. The standard InChI is InChI=1S/C16H24N2O.ClH/c1-3-13-6-8-14(9-7-13)12(2)18-15(19)16(17)10-4-5-11-16;/h6-9,12H,3-5,10-11,17H2,1-2H3,(H,18,19);1H. The highest BCUT2D eigenvalue weighted by atomic mass is 35.5. The summed E-state index contributed by atoms with van der Waals surface area (Å²) in [7, 11) is 0. The van der Waals surface area contributed by atoms with Crippen LogP contribution in [-0.4, -0.2) is 11.4 Å². The Labute approximate surface area is 127 Å². The summed E-state index contributed by atoms with van der Waals surface area (Å²) >= 11 is 0. The zero-order valence-corrected chi connectivity index (χ0v) is 13.1. The number of amides is 1. The average molecular weight is 297 g/mol. The molecule has 20 heavy (non-hydrogen) atoms. The second-order valence-corrected chi connectivity index (χ2v) is 5.65. The van der Waals surface area contributed by atoms with Gasteiger partial charge < -0.3 is 11.1 Å². The van der Waals surface area contributed by atoms with E-state index >= 15 is 0 Å². The van der Waals surface area contributed by atoms with Gasteiger partial charge in [-0.1, -0.05) is 44.0 Å². The van der Waals surface area contributed by atoms with Crippen LogP contribution in [-0.2, 0) is 11.2 Å². The van der Waals surface area contributed by atoms with Crippen molar-refractivity contribution in [2.24, 2.45) is 5.73 Å². The molecule has 0 bridgehead atoms. The molecule has 1 unspecified atom stereocenters. The van der Waals surface area contributed by atoms with Gasteiger partial charge in [-0.15, -0.1) is 12.4 Å². The van der Waals surface area contributed by atoms with Crippen LogP contribution >= 0.6 is 12.4 Å². The van der Waals surface area contributed by atoms with Crippen molar-refractivity contribution in [1.82, 2.24) is 5.32 Å². The Balaban J connectivity index is 0.00000200. The predicted molar refractivity (Wildman–Crippen MR) is 85.0 cm³/mol. The lowest BCUT2D eigenvalue weighted by atomic mass is 9.97. The molecule has 0 saturated heterocycles. The van der Waals surface area contributed by atoms with E-state index in [1.165, 1.54) is 5.56 Å². The summed E-state index contributed by atoms with van der Waals surface area (Å²) in [6, 6.07) is 8.42. The van der Waals surface area contributed by atoms with E-state index in [4.69, 9.17) is 5.73 Å². The fourth-order valence-electron chi connectivity index (χ4n) is 2.70. The Hall–Kier alpha value is -1.06. The molecule has 1 atom stereocenters. The smallest absolute Gasteiger partial charge is 0.240 e. The fraction of sp³-hybridized carbons (Fsp3) is 0.562. The number of carbonyl (C=O) groups is 1. The summed E-state index contributed by atoms with van der Waals surface area (Å²) in [6.45, 7) is 4.15. The van der Waals surface area contributed by atoms with E-state index in [2.05, 4.69) is 36.5 Å². The van der Waals surface area contributed by atoms with Gasteiger partial charge in [0.15, 0.2) is 0 Å². The summed E-state index contributed by atoms with van der Waals surface area (Å²) in [6.07, 6.45) is 4.76. The molecule has 112 valence electrons. The van der Waals surface area contributed by atoms with Crippen molar-refractivity contribution in [3.8, 4) is 0 Å². The number of halogens is 1. The van der Waals surface area contributed by atoms with Gasteiger partial charge in [-0.2, -0.15) is 0 Å². The maximum absolute atomic E-state index is 12.2. The van der Waals surface area contributed by atoms with Crippen molar-refractivity contribution in [2.45, 2.75) is 57.5 Å². The Bertz CT molecular complexity index is 438. The lowest BCUT2D eigenvalue weighted by molar-refractivity contribution is -0.126. The molecule has 3 N–H and O–H groups in total. The summed E-state index contributed by atoms with van der Waals surface area (Å²) < 4.78 is 0. The third-order valence-electron chi connectivity index (χ3n) is 4.18. The molecule has 1 aromatic carbocycles. The van der Waals surface area contributed by atoms with Gasteiger partial charge in [-0.3, -0.25) is 4.79 Å². The first-order valence-corrected chi connectivity index (χ1v) is 7.24. The number of hydrogen-bond acceptors (Lipinski definition) is 2. The quantitative estimate of drug-likeness (QED) is 0.897. The SMILES string of the molecule is CCc1ccc(C(C)NC(=O)C2(N)CCCC2)cc1.Cl. The van der Waals surface area contributed by atoms with Crippen LogP contribution in [0.25, 0.3) is 0 Å². The molecule has 1 aromatic rings. The van der Waals surface area contributed by atoms with E-state index in [-0.39, 0.29) is 24.4 Å². The second-order valence-electron chi connectivity index (χ2n) is 5.65. The largest absolute Gasteiger partial charge is 0.348 e. The molecule has 0 aliphatic heterocycles. The number of rotatable bonds is 4. The molecule has 1 amide bonds. The van der Waals surface area contributed by atoms with Gasteiger partial charge in [0.25, 0.3) is 0 Å². The molecule has 0 radical (unpaired) electrons. The van der Waals surface area contributed by atoms with Gasteiger partial charge in [0.2, 0.25) is 5.91 Å². The Morgan fingerprint density at radius 2 is 1.85 bits per heavy atom. The summed E-state index contributed by atoms with van der Waals surface area (Å²) in [5, 5.41) is 3.05. The summed E-state index contributed by atoms with van der Waals surface area (Å²) in [5.74, 6) is -0.00271. The minimum Gasteiger partial charge on any atom is -0.348 e. The minimum atomic E-state index is -0.641. The first kappa shape index (κ1) is 17.0. The van der Waals surface area contributed by atoms with Crippen LogP contribution < -0.4 is 11.1 Å². The van der Waals surface area contributed by atoms with E-state index in [0.29, 0.717) is 0 Å². The fourth-order valence-corrected chi connectivity index (χ4v) is 2.70. The lowest BCUT2D eigenvalue weighted by Crippen LogP contribution is -2.52. The normalized spacial score (nSPS) is 18.1. The molecule has 4 heteroatoms. The molecule has 1 fully saturated rings. The van der Waals surface area contributed by atoms with Crippen LogP contribution in [0, 0.1) is 0 Å². The predicted octanol–water partition coefficient (Wildman–Crippen LogP) is 3.12. The third kappa shape index (κ3) is 3.74. The Kier molecular flexibility index (Phi) is 6.03. The van der Waals surface area contributed by atoms with Gasteiger partial charge >= 0.3 is 0 Å². The van der Waals surface area contributed by atoms with Crippen LogP contribution in [0.2, 0.25) is 0 Å². The van der Waals surface area contributed by atoms with Gasteiger partial charge in [-0.05, 0) is 37.3 Å². The van der Waals surface area contributed by atoms with E-state index < -0.39 is 5.54 Å². The van der Waals surface area contributed by atoms with E-state index in [1.54, 1.807) is 0 Å². The lowest BCUT2D eigenvalue weighted by Gasteiger charge is -2.25. The third-order valence-corrected chi connectivity index (χ3v) is 4.18. The van der Waals surface area contributed by atoms with Gasteiger partial charge in [0, 0.05) is 0 Å². The van der Waals surface area contributed by atoms with Crippen molar-refractivity contribution in [1.29, 1.82) is 0 Å². The first-order valence-electron chi connectivity index (χ1n) is 7.24. The van der Waals surface area contributed by atoms with Crippen molar-refractivity contribution in [2.75, 3.05) is 0 Å². The second kappa shape index (κ2) is 7.09. The van der Waals surface area contributed by atoms with E-state index in [1.807, 2.05) is 6.92 Å². The Morgan fingerprint density at radius 3 is 2.35 bits per heavy atom. The van der Waals surface area contributed by atoms with Crippen molar-refractivity contribution >= 4 is 18.3 Å². The molecule has 1 aliphatic rings. The number of nitrogens with one attached hydrogen (secondary N) is 1. The van der Waals surface area contributed by atoms with Crippen LogP contribution in [0.3, 0.4) is 0 Å². The zero-order chi connectivity index (χ0) is 13.9. The molecular formula is C16H25ClN2O. The number of carbonyl (C=O) groups excluding carboxylic acids is 1. The van der Waals surface area contributed by atoms with Crippen LogP contribution in [0.4, 0.5) is 0 Å². The average Bonchev–Trinajstić information content (AvgIpc) is 2.87. The van der Waals surface area contributed by atoms with Gasteiger partial charge in [-0.25, -0.2) is 0 Å². The monoisotopic (exact) mass is 296 g/mol. The van der Waals surface area contributed by atoms with Gasteiger partial charge in [0.05, 0.1) is 11.6 Å². The molecule has 2 rings (SSSR count). The summed E-state index contributed by atoms with van der Waals surface area (Å²) in [5.41, 5.74) is 7.97. The summed E-state index contributed by atoms with van der Waals surface area (Å²) in [4.78, 5) is 12.2. The highest BCUT2D eigenvalue weighted by Crippen LogP contribution is 2.28. The number of aryl methyl sites for hydroxylation is 1. The van der Waals surface area contributed by atoms with Crippen molar-refractivity contribution in [3.05, 3.63) is 35.4 Å². The van der Waals surface area contributed by atoms with E-state index in [0.717, 1.165) is 37.7 Å². The Morgan fingerprint density at radius 1 is 1.30 bits per heavy atom. The number of hydrogen-bond donors (Lipinski definition) is 2. The van der Waals surface area contributed by atoms with Crippen LogP contribution in [0.1, 0.15) is 56.7 Å². The highest BCUT2D eigenvalue weighted by molar-refractivity contribution is 5.86. The first-order chi connectivity index (χ1) is 9.05. The minimum absolute atomic E-state index is 0. The van der Waals surface area contributed by atoms with E-state index in [9.17, 15) is 4.79 Å². The topological polar surface area (TPSA) is 55.1 Å². The van der Waals surface area contributed by atoms with Crippen molar-refractivity contribution in [3.63, 3.8) is 0 Å². The number of nitrogens with two attached hydrogens (primary N) is 1. The molecule has 0 spiro atoms. The molecule has 1 aliphatic carbocycles. The maximum Gasteiger partial charge on any atom is 0.240 e. The van der Waals surface area contributed by atoms with Crippen LogP contribution in [0.15, 0.2) is 24.3 Å². The molecule has 3 nitrogen and oxygen atoms in total. The number of benzene rings is 1.